The molecular formula is C9H10N2O4. The van der Waals surface area contributed by atoms with Gasteiger partial charge in [-0.2, -0.15) is 0 Å². The standard InChI is InChI=1S/C9H10N2O4/c1-10(9(13)6-11(14)15)7-2-4-8(12)5-3-7/h2-5,12H,6H2,1H3. The lowest BCUT2D eigenvalue weighted by Gasteiger charge is -2.14. The second kappa shape index (κ2) is 4.41. The normalized spacial score (nSPS) is 9.67. The van der Waals surface area contributed by atoms with Crippen LogP contribution in [-0.4, -0.2) is 29.5 Å². The summed E-state index contributed by atoms with van der Waals surface area (Å²) in [6, 6.07) is 5.83. The molecule has 0 fully saturated rings. The minimum Gasteiger partial charge on any atom is -0.508 e. The summed E-state index contributed by atoms with van der Waals surface area (Å²) in [5.74, 6) is -0.528. The van der Waals surface area contributed by atoms with Crippen molar-refractivity contribution in [2.75, 3.05) is 18.5 Å². The Bertz CT molecular complexity index is 374. The van der Waals surface area contributed by atoms with Crippen molar-refractivity contribution in [1.29, 1.82) is 0 Å². The molecule has 0 aliphatic carbocycles. The minimum absolute atomic E-state index is 0.0777. The van der Waals surface area contributed by atoms with Crippen LogP contribution in [0.1, 0.15) is 0 Å². The summed E-state index contributed by atoms with van der Waals surface area (Å²) in [7, 11) is 1.44. The molecule has 0 unspecified atom stereocenters. The zero-order valence-electron chi connectivity index (χ0n) is 8.08. The maximum atomic E-state index is 11.3. The van der Waals surface area contributed by atoms with Gasteiger partial charge in [0.25, 0.3) is 12.5 Å². The Hall–Kier alpha value is -2.11. The van der Waals surface area contributed by atoms with E-state index in [2.05, 4.69) is 0 Å². The predicted molar refractivity (Wildman–Crippen MR) is 53.4 cm³/mol. The third kappa shape index (κ3) is 2.94. The number of likely N-dealkylation sites (N-methyl/N-ethyl adjacent to an activating group) is 1. The van der Waals surface area contributed by atoms with Crippen molar-refractivity contribution < 1.29 is 14.8 Å². The number of anilines is 1. The van der Waals surface area contributed by atoms with Crippen molar-refractivity contribution in [3.63, 3.8) is 0 Å². The molecule has 0 aliphatic rings. The Morgan fingerprint density at radius 3 is 2.47 bits per heavy atom. The molecule has 1 aromatic carbocycles. The third-order valence-electron chi connectivity index (χ3n) is 1.88. The Morgan fingerprint density at radius 1 is 1.47 bits per heavy atom. The monoisotopic (exact) mass is 210 g/mol. The number of nitro groups is 1. The molecular weight excluding hydrogens is 200 g/mol. The predicted octanol–water partition coefficient (Wildman–Crippen LogP) is 0.632. The van der Waals surface area contributed by atoms with Gasteiger partial charge in [-0.1, -0.05) is 0 Å². The maximum Gasteiger partial charge on any atom is 0.298 e. The zero-order valence-corrected chi connectivity index (χ0v) is 8.08. The summed E-state index contributed by atoms with van der Waals surface area (Å²) in [6.45, 7) is -0.739. The van der Waals surface area contributed by atoms with Crippen LogP contribution < -0.4 is 4.90 Å². The van der Waals surface area contributed by atoms with E-state index in [1.807, 2.05) is 0 Å². The average molecular weight is 210 g/mol. The lowest BCUT2D eigenvalue weighted by atomic mass is 10.3. The van der Waals surface area contributed by atoms with Gasteiger partial charge in [0, 0.05) is 17.7 Å². The molecule has 0 aromatic heterocycles. The Kier molecular flexibility index (Phi) is 3.22. The highest BCUT2D eigenvalue weighted by molar-refractivity contribution is 5.93. The second-order valence-corrected chi connectivity index (χ2v) is 2.96. The van der Waals surface area contributed by atoms with Crippen molar-refractivity contribution in [3.8, 4) is 5.75 Å². The summed E-state index contributed by atoms with van der Waals surface area (Å²) >= 11 is 0. The number of carbonyl (C=O) groups is 1. The highest BCUT2D eigenvalue weighted by atomic mass is 16.6. The fraction of sp³-hybridized carbons (Fsp3) is 0.222. The van der Waals surface area contributed by atoms with E-state index in [-0.39, 0.29) is 5.75 Å². The van der Waals surface area contributed by atoms with Crippen LogP contribution in [0.25, 0.3) is 0 Å². The Balaban J connectivity index is 2.76. The third-order valence-corrected chi connectivity index (χ3v) is 1.88. The van der Waals surface area contributed by atoms with Gasteiger partial charge in [-0.3, -0.25) is 14.9 Å². The molecule has 1 aromatic rings. The first-order valence-electron chi connectivity index (χ1n) is 4.18. The molecule has 1 rings (SSSR count). The number of nitrogens with zero attached hydrogens (tertiary/aromatic N) is 2. The number of rotatable bonds is 3. The molecule has 0 saturated heterocycles. The van der Waals surface area contributed by atoms with E-state index in [0.717, 1.165) is 0 Å². The number of aromatic hydroxyl groups is 1. The fourth-order valence-electron chi connectivity index (χ4n) is 1.04. The van der Waals surface area contributed by atoms with E-state index in [1.54, 1.807) is 0 Å². The topological polar surface area (TPSA) is 83.7 Å². The van der Waals surface area contributed by atoms with Crippen molar-refractivity contribution >= 4 is 11.6 Å². The number of hydrogen-bond acceptors (Lipinski definition) is 4. The summed E-state index contributed by atoms with van der Waals surface area (Å²) in [5.41, 5.74) is 0.500. The second-order valence-electron chi connectivity index (χ2n) is 2.96. The van der Waals surface area contributed by atoms with Crippen LogP contribution in [0.2, 0.25) is 0 Å². The SMILES string of the molecule is CN(C(=O)C[N+](=O)[O-])c1ccc(O)cc1. The molecule has 0 saturated carbocycles. The van der Waals surface area contributed by atoms with Crippen LogP contribution in [0.5, 0.6) is 5.75 Å². The highest BCUT2D eigenvalue weighted by Gasteiger charge is 2.16. The van der Waals surface area contributed by atoms with Gasteiger partial charge in [-0.05, 0) is 24.3 Å². The number of phenols is 1. The van der Waals surface area contributed by atoms with Crippen molar-refractivity contribution in [3.05, 3.63) is 34.4 Å². The molecule has 0 spiro atoms. The molecule has 0 aliphatic heterocycles. The molecule has 0 heterocycles. The molecule has 0 atom stereocenters. The Morgan fingerprint density at radius 2 is 2.00 bits per heavy atom. The lowest BCUT2D eigenvalue weighted by Crippen LogP contribution is -2.31. The first-order valence-corrected chi connectivity index (χ1v) is 4.18. The van der Waals surface area contributed by atoms with Crippen molar-refractivity contribution in [2.45, 2.75) is 0 Å². The fourth-order valence-corrected chi connectivity index (χ4v) is 1.04. The maximum absolute atomic E-state index is 11.3. The molecule has 15 heavy (non-hydrogen) atoms. The molecule has 0 bridgehead atoms. The van der Waals surface area contributed by atoms with Gasteiger partial charge in [0.05, 0.1) is 0 Å². The van der Waals surface area contributed by atoms with Crippen LogP contribution in [0, 0.1) is 10.1 Å². The van der Waals surface area contributed by atoms with Crippen molar-refractivity contribution in [1.82, 2.24) is 0 Å². The molecule has 1 amide bonds. The minimum atomic E-state index is -0.739. The summed E-state index contributed by atoms with van der Waals surface area (Å²) < 4.78 is 0. The van der Waals surface area contributed by atoms with Gasteiger partial charge in [0.15, 0.2) is 0 Å². The zero-order chi connectivity index (χ0) is 11.4. The molecule has 80 valence electrons. The first-order chi connectivity index (χ1) is 7.00. The van der Waals surface area contributed by atoms with Crippen LogP contribution in [-0.2, 0) is 4.79 Å². The number of carbonyl (C=O) groups excluding carboxylic acids is 1. The molecule has 6 nitrogen and oxygen atoms in total. The Labute approximate surface area is 85.9 Å². The summed E-state index contributed by atoms with van der Waals surface area (Å²) in [6.07, 6.45) is 0. The summed E-state index contributed by atoms with van der Waals surface area (Å²) in [4.78, 5) is 21.9. The van der Waals surface area contributed by atoms with Crippen molar-refractivity contribution in [2.24, 2.45) is 0 Å². The average Bonchev–Trinajstić information content (AvgIpc) is 2.17. The van der Waals surface area contributed by atoms with E-state index in [1.165, 1.54) is 36.2 Å². The van der Waals surface area contributed by atoms with E-state index in [9.17, 15) is 14.9 Å². The number of phenolic OH excluding ortho intramolecular Hbond substituents is 1. The van der Waals surface area contributed by atoms with Gasteiger partial charge in [-0.25, -0.2) is 0 Å². The smallest absolute Gasteiger partial charge is 0.298 e. The van der Waals surface area contributed by atoms with E-state index >= 15 is 0 Å². The van der Waals surface area contributed by atoms with E-state index in [0.29, 0.717) is 5.69 Å². The lowest BCUT2D eigenvalue weighted by molar-refractivity contribution is -0.467. The molecule has 1 N–H and O–H groups in total. The number of amides is 1. The van der Waals surface area contributed by atoms with Crippen LogP contribution in [0.4, 0.5) is 5.69 Å². The van der Waals surface area contributed by atoms with Crippen LogP contribution in [0.15, 0.2) is 24.3 Å². The largest absolute Gasteiger partial charge is 0.508 e. The van der Waals surface area contributed by atoms with Crippen LogP contribution in [0.3, 0.4) is 0 Å². The van der Waals surface area contributed by atoms with Crippen LogP contribution >= 0.6 is 0 Å². The molecule has 6 heteroatoms. The number of hydrogen-bond donors (Lipinski definition) is 1. The van der Waals surface area contributed by atoms with Gasteiger partial charge in [0.2, 0.25) is 0 Å². The van der Waals surface area contributed by atoms with Gasteiger partial charge in [-0.15, -0.1) is 0 Å². The van der Waals surface area contributed by atoms with Gasteiger partial charge in [0.1, 0.15) is 5.75 Å². The van der Waals surface area contributed by atoms with E-state index in [4.69, 9.17) is 5.11 Å². The molecule has 0 radical (unpaired) electrons. The van der Waals surface area contributed by atoms with Gasteiger partial charge < -0.3 is 10.0 Å². The highest BCUT2D eigenvalue weighted by Crippen LogP contribution is 2.17. The number of benzene rings is 1. The van der Waals surface area contributed by atoms with Gasteiger partial charge >= 0.3 is 0 Å². The van der Waals surface area contributed by atoms with E-state index < -0.39 is 17.4 Å². The summed E-state index contributed by atoms with van der Waals surface area (Å²) in [5, 5.41) is 19.1. The first kappa shape index (κ1) is 11.0. The quantitative estimate of drug-likeness (QED) is 0.585.